The summed E-state index contributed by atoms with van der Waals surface area (Å²) in [5.74, 6) is 2.76. The Hall–Kier alpha value is -0.830. The van der Waals surface area contributed by atoms with Crippen LogP contribution >= 0.6 is 0 Å². The Labute approximate surface area is 215 Å². The third kappa shape index (κ3) is 4.15. The Morgan fingerprint density at radius 1 is 0.971 bits per heavy atom. The fourth-order valence-corrected chi connectivity index (χ4v) is 10.8. The second-order valence-electron chi connectivity index (χ2n) is 14.8. The topological polar surface area (TPSA) is 46.5 Å². The van der Waals surface area contributed by atoms with Crippen molar-refractivity contribution in [2.75, 3.05) is 0 Å². The number of rotatable bonds is 5. The molecule has 3 heteroatoms. The molecule has 0 bridgehead atoms. The van der Waals surface area contributed by atoms with Gasteiger partial charge in [0.25, 0.3) is 0 Å². The van der Waals surface area contributed by atoms with Crippen molar-refractivity contribution in [3.05, 3.63) is 11.6 Å². The molecule has 0 spiro atoms. The Balaban J connectivity index is 1.60. The molecule has 4 saturated carbocycles. The number of aliphatic hydroxyl groups is 1. The number of ether oxygens (including phenoxy) is 1. The average molecular weight is 487 g/mol. The van der Waals surface area contributed by atoms with Gasteiger partial charge in [-0.05, 0) is 117 Å². The van der Waals surface area contributed by atoms with Crippen LogP contribution < -0.4 is 0 Å². The summed E-state index contributed by atoms with van der Waals surface area (Å²) in [4.78, 5) is 11.9. The van der Waals surface area contributed by atoms with Crippen molar-refractivity contribution >= 4 is 5.97 Å². The van der Waals surface area contributed by atoms with Crippen molar-refractivity contribution in [3.63, 3.8) is 0 Å². The lowest BCUT2D eigenvalue weighted by Crippen LogP contribution is -2.64. The molecule has 0 saturated heterocycles. The molecular formula is C32H54O3. The van der Waals surface area contributed by atoms with Gasteiger partial charge in [0.05, 0.1) is 6.10 Å². The van der Waals surface area contributed by atoms with Crippen LogP contribution in [0.25, 0.3) is 0 Å². The predicted molar refractivity (Wildman–Crippen MR) is 144 cm³/mol. The Morgan fingerprint density at radius 3 is 2.29 bits per heavy atom. The van der Waals surface area contributed by atoms with Crippen molar-refractivity contribution in [3.8, 4) is 0 Å². The zero-order chi connectivity index (χ0) is 26.0. The van der Waals surface area contributed by atoms with Gasteiger partial charge in [0, 0.05) is 12.3 Å². The number of fused-ring (bicyclic) bond motifs is 5. The van der Waals surface area contributed by atoms with Crippen LogP contribution in [0, 0.1) is 51.2 Å². The number of hydrogen-bond donors (Lipinski definition) is 1. The highest BCUT2D eigenvalue weighted by atomic mass is 16.5. The molecule has 4 aliphatic rings. The van der Waals surface area contributed by atoms with Gasteiger partial charge in [0.2, 0.25) is 0 Å². The number of allylic oxidation sites excluding steroid dienone is 2. The molecule has 0 amide bonds. The molecule has 3 nitrogen and oxygen atoms in total. The van der Waals surface area contributed by atoms with Crippen molar-refractivity contribution in [1.82, 2.24) is 0 Å². The first-order valence-corrected chi connectivity index (χ1v) is 14.7. The summed E-state index contributed by atoms with van der Waals surface area (Å²) in [6, 6.07) is 0. The highest BCUT2D eigenvalue weighted by Gasteiger charge is 2.70. The average Bonchev–Trinajstić information content (AvgIpc) is 3.00. The number of carbonyl (C=O) groups is 1. The number of hydrogen-bond acceptors (Lipinski definition) is 3. The fourth-order valence-electron chi connectivity index (χ4n) is 10.8. The maximum absolute atomic E-state index is 11.9. The van der Waals surface area contributed by atoms with Crippen LogP contribution in [0.2, 0.25) is 0 Å². The molecule has 10 atom stereocenters. The molecule has 4 aliphatic carbocycles. The van der Waals surface area contributed by atoms with E-state index in [2.05, 4.69) is 61.5 Å². The van der Waals surface area contributed by atoms with Gasteiger partial charge in [-0.15, -0.1) is 0 Å². The number of esters is 1. The zero-order valence-corrected chi connectivity index (χ0v) is 24.2. The van der Waals surface area contributed by atoms with Crippen LogP contribution in [-0.2, 0) is 9.53 Å². The summed E-state index contributed by atoms with van der Waals surface area (Å²) in [5.41, 5.74) is 2.16. The Kier molecular flexibility index (Phi) is 7.13. The fraction of sp³-hybridized carbons (Fsp3) is 0.906. The van der Waals surface area contributed by atoms with Crippen LogP contribution in [0.1, 0.15) is 120 Å². The predicted octanol–water partition coefficient (Wildman–Crippen LogP) is 7.96. The van der Waals surface area contributed by atoms with Crippen LogP contribution in [0.15, 0.2) is 11.6 Å². The van der Waals surface area contributed by atoms with Gasteiger partial charge in [0.1, 0.15) is 6.10 Å². The van der Waals surface area contributed by atoms with Crippen molar-refractivity contribution in [2.24, 2.45) is 51.2 Å². The van der Waals surface area contributed by atoms with Gasteiger partial charge in [-0.3, -0.25) is 4.79 Å². The molecule has 35 heavy (non-hydrogen) atoms. The summed E-state index contributed by atoms with van der Waals surface area (Å²) in [6.45, 7) is 20.8. The third-order valence-corrected chi connectivity index (χ3v) is 12.6. The molecule has 0 aromatic rings. The second kappa shape index (κ2) is 9.17. The summed E-state index contributed by atoms with van der Waals surface area (Å²) >= 11 is 0. The zero-order valence-electron chi connectivity index (χ0n) is 24.2. The van der Waals surface area contributed by atoms with E-state index in [-0.39, 0.29) is 39.8 Å². The largest absolute Gasteiger partial charge is 0.462 e. The van der Waals surface area contributed by atoms with E-state index in [0.717, 1.165) is 25.7 Å². The molecule has 4 rings (SSSR count). The molecule has 0 aromatic carbocycles. The lowest BCUT2D eigenvalue weighted by Gasteiger charge is -2.69. The first-order chi connectivity index (χ1) is 16.2. The van der Waals surface area contributed by atoms with Crippen molar-refractivity contribution in [2.45, 2.75) is 132 Å². The lowest BCUT2D eigenvalue weighted by molar-refractivity contribution is -0.227. The van der Waals surface area contributed by atoms with Crippen LogP contribution in [0.3, 0.4) is 0 Å². The highest BCUT2D eigenvalue weighted by Crippen LogP contribution is 2.75. The third-order valence-electron chi connectivity index (χ3n) is 12.6. The summed E-state index contributed by atoms with van der Waals surface area (Å²) < 4.78 is 5.88. The van der Waals surface area contributed by atoms with E-state index in [4.69, 9.17) is 4.74 Å². The smallest absolute Gasteiger partial charge is 0.302 e. The maximum atomic E-state index is 11.9. The molecule has 0 unspecified atom stereocenters. The van der Waals surface area contributed by atoms with Gasteiger partial charge in [-0.1, -0.05) is 53.2 Å². The Morgan fingerprint density at radius 2 is 1.66 bits per heavy atom. The van der Waals surface area contributed by atoms with E-state index < -0.39 is 0 Å². The molecule has 0 aromatic heterocycles. The molecule has 0 radical (unpaired) electrons. The first-order valence-electron chi connectivity index (χ1n) is 14.7. The summed E-state index contributed by atoms with van der Waals surface area (Å²) in [6.07, 6.45) is 12.7. The van der Waals surface area contributed by atoms with Crippen molar-refractivity contribution in [1.29, 1.82) is 0 Å². The van der Waals surface area contributed by atoms with Crippen molar-refractivity contribution < 1.29 is 14.6 Å². The first kappa shape index (κ1) is 27.2. The second-order valence-corrected chi connectivity index (χ2v) is 14.8. The van der Waals surface area contributed by atoms with E-state index in [1.54, 1.807) is 6.92 Å². The number of aliphatic hydroxyl groups excluding tert-OH is 1. The van der Waals surface area contributed by atoms with E-state index in [0.29, 0.717) is 29.6 Å². The molecular weight excluding hydrogens is 432 g/mol. The molecule has 0 heterocycles. The van der Waals surface area contributed by atoms with Gasteiger partial charge in [0.15, 0.2) is 0 Å². The summed E-state index contributed by atoms with van der Waals surface area (Å²) in [5, 5.41) is 11.5. The van der Waals surface area contributed by atoms with Gasteiger partial charge in [-0.2, -0.15) is 0 Å². The van der Waals surface area contributed by atoms with Crippen LogP contribution in [0.4, 0.5) is 0 Å². The van der Waals surface area contributed by atoms with Crippen LogP contribution in [-0.4, -0.2) is 23.3 Å². The normalized spacial score (nSPS) is 47.1. The van der Waals surface area contributed by atoms with E-state index in [9.17, 15) is 9.90 Å². The van der Waals surface area contributed by atoms with Gasteiger partial charge >= 0.3 is 5.97 Å². The highest BCUT2D eigenvalue weighted by molar-refractivity contribution is 5.66. The minimum atomic E-state index is -0.163. The minimum Gasteiger partial charge on any atom is -0.462 e. The minimum absolute atomic E-state index is 0.00885. The van der Waals surface area contributed by atoms with Gasteiger partial charge < -0.3 is 9.84 Å². The van der Waals surface area contributed by atoms with E-state index in [1.165, 1.54) is 37.7 Å². The monoisotopic (exact) mass is 486 g/mol. The van der Waals surface area contributed by atoms with E-state index >= 15 is 0 Å². The number of carbonyl (C=O) groups excluding carboxylic acids is 1. The van der Waals surface area contributed by atoms with E-state index in [1.807, 2.05) is 0 Å². The molecule has 0 aliphatic heterocycles. The quantitative estimate of drug-likeness (QED) is 0.317. The Bertz CT molecular complexity index is 840. The molecule has 200 valence electrons. The van der Waals surface area contributed by atoms with Gasteiger partial charge in [-0.25, -0.2) is 0 Å². The molecule has 4 fully saturated rings. The SMILES string of the molecule is CC(=O)O[C@H]1CC[C@]2(C)[C@H]3CC[C@@H]4[C@@H]([C@H](C)CCC=C(C)C)[C@@H](O)C[C@@]4(C)[C@]3(C)CC[C@H]2C1(C)C. The standard InChI is InChI=1S/C32H54O3/c1-20(2)11-10-12-21(3)28-23-13-14-26-30(7)17-16-27(35-22(4)33)29(5,6)25(30)15-18-31(26,8)32(23,9)19-24(28)34/h11,21,23-28,34H,10,12-19H2,1-9H3/t21-,23-,24+,25+,26-,27+,28-,30+,31-,32-/m1/s1. The summed E-state index contributed by atoms with van der Waals surface area (Å²) in [7, 11) is 0. The maximum Gasteiger partial charge on any atom is 0.302 e. The molecule has 1 N–H and O–H groups in total. The lowest BCUT2D eigenvalue weighted by atomic mass is 9.35. The van der Waals surface area contributed by atoms with Crippen LogP contribution in [0.5, 0.6) is 0 Å².